The Morgan fingerprint density at radius 3 is 2.60 bits per heavy atom. The van der Waals surface area contributed by atoms with E-state index >= 15 is 0 Å². The molecule has 7 heteroatoms. The number of amides is 1. The highest BCUT2D eigenvalue weighted by Gasteiger charge is 2.25. The van der Waals surface area contributed by atoms with Crippen molar-refractivity contribution in [2.24, 2.45) is 0 Å². The molecule has 1 N–H and O–H groups in total. The molecule has 0 radical (unpaired) electrons. The minimum absolute atomic E-state index is 0.0796. The lowest BCUT2D eigenvalue weighted by atomic mass is 10.0. The van der Waals surface area contributed by atoms with Crippen LogP contribution in [0.15, 0.2) is 53.4 Å². The smallest absolute Gasteiger partial charge is 0.339 e. The van der Waals surface area contributed by atoms with Crippen molar-refractivity contribution in [3.63, 3.8) is 0 Å². The number of hydrogen-bond acceptors (Lipinski definition) is 5. The Morgan fingerprint density at radius 1 is 1.20 bits per heavy atom. The van der Waals surface area contributed by atoms with E-state index in [4.69, 9.17) is 8.92 Å². The van der Waals surface area contributed by atoms with E-state index in [1.165, 1.54) is 18.2 Å². The molecule has 1 aliphatic heterocycles. The number of fused-ring (bicyclic) bond motifs is 1. The minimum atomic E-state index is -3.92. The molecule has 1 heterocycles. The second-order valence-electron chi connectivity index (χ2n) is 5.49. The number of ether oxygens (including phenoxy) is 1. The maximum absolute atomic E-state index is 12.4. The van der Waals surface area contributed by atoms with Gasteiger partial charge in [0, 0.05) is 29.8 Å². The van der Waals surface area contributed by atoms with Crippen LogP contribution in [0.5, 0.6) is 11.5 Å². The summed E-state index contributed by atoms with van der Waals surface area (Å²) >= 11 is 0. The first kappa shape index (κ1) is 17.0. The molecule has 0 fully saturated rings. The molecule has 25 heavy (non-hydrogen) atoms. The molecule has 0 spiro atoms. The summed E-state index contributed by atoms with van der Waals surface area (Å²) in [6, 6.07) is 11.2. The third kappa shape index (κ3) is 3.36. The number of hydrogen-bond donors (Lipinski definition) is 1. The van der Waals surface area contributed by atoms with E-state index in [1.54, 1.807) is 44.3 Å². The summed E-state index contributed by atoms with van der Waals surface area (Å²) in [4.78, 5) is 11.6. The van der Waals surface area contributed by atoms with E-state index in [-0.39, 0.29) is 23.2 Å². The summed E-state index contributed by atoms with van der Waals surface area (Å²) in [5.41, 5.74) is 2.05. The van der Waals surface area contributed by atoms with E-state index < -0.39 is 10.1 Å². The van der Waals surface area contributed by atoms with Gasteiger partial charge < -0.3 is 14.2 Å². The lowest BCUT2D eigenvalue weighted by Gasteiger charge is -2.11. The van der Waals surface area contributed by atoms with Gasteiger partial charge in [0.25, 0.3) is 0 Å². The number of carbonyl (C=O) groups is 1. The van der Waals surface area contributed by atoms with E-state index in [0.717, 1.165) is 11.1 Å². The van der Waals surface area contributed by atoms with Crippen molar-refractivity contribution in [1.29, 1.82) is 0 Å². The van der Waals surface area contributed by atoms with Crippen LogP contribution >= 0.6 is 0 Å². The van der Waals surface area contributed by atoms with Crippen molar-refractivity contribution in [1.82, 2.24) is 5.32 Å². The van der Waals surface area contributed by atoms with Gasteiger partial charge in [0.2, 0.25) is 5.91 Å². The van der Waals surface area contributed by atoms with Crippen LogP contribution in [0.2, 0.25) is 0 Å². The van der Waals surface area contributed by atoms with Crippen molar-refractivity contribution in [3.05, 3.63) is 59.7 Å². The lowest BCUT2D eigenvalue weighted by molar-refractivity contribution is -0.116. The summed E-state index contributed by atoms with van der Waals surface area (Å²) in [6.07, 6.45) is 1.46. The van der Waals surface area contributed by atoms with Crippen molar-refractivity contribution in [2.75, 3.05) is 13.7 Å². The Kier molecular flexibility index (Phi) is 4.50. The van der Waals surface area contributed by atoms with Crippen LogP contribution in [0, 0.1) is 6.92 Å². The van der Waals surface area contributed by atoms with Crippen molar-refractivity contribution < 1.29 is 22.1 Å². The quantitative estimate of drug-likeness (QED) is 0.669. The Labute approximate surface area is 146 Å². The lowest BCUT2D eigenvalue weighted by Crippen LogP contribution is -2.15. The molecule has 2 aromatic carbocycles. The molecular weight excluding hydrogens is 342 g/mol. The number of nitrogens with one attached hydrogen (secondary N) is 1. The van der Waals surface area contributed by atoms with Gasteiger partial charge in [-0.2, -0.15) is 8.42 Å². The Balaban J connectivity index is 1.94. The van der Waals surface area contributed by atoms with Crippen LogP contribution < -0.4 is 14.2 Å². The van der Waals surface area contributed by atoms with E-state index in [2.05, 4.69) is 5.32 Å². The summed E-state index contributed by atoms with van der Waals surface area (Å²) < 4.78 is 35.7. The summed E-state index contributed by atoms with van der Waals surface area (Å²) in [6.45, 7) is 1.97. The fourth-order valence-electron chi connectivity index (χ4n) is 2.53. The summed E-state index contributed by atoms with van der Waals surface area (Å²) in [5.74, 6) is 0.496. The molecular formula is C18H17NO5S. The number of benzene rings is 2. The molecule has 2 aromatic rings. The first-order valence-electron chi connectivity index (χ1n) is 7.61. The number of rotatable bonds is 4. The Hall–Kier alpha value is -2.80. The van der Waals surface area contributed by atoms with Gasteiger partial charge in [-0.05, 0) is 31.2 Å². The van der Waals surface area contributed by atoms with Crippen LogP contribution in [0.25, 0.3) is 5.57 Å². The maximum atomic E-state index is 12.4. The third-order valence-corrected chi connectivity index (χ3v) is 5.11. The Morgan fingerprint density at radius 2 is 1.92 bits per heavy atom. The van der Waals surface area contributed by atoms with Gasteiger partial charge in [-0.25, -0.2) is 0 Å². The van der Waals surface area contributed by atoms with Gasteiger partial charge in [-0.1, -0.05) is 18.2 Å². The van der Waals surface area contributed by atoms with Crippen LogP contribution in [-0.2, 0) is 14.9 Å². The van der Waals surface area contributed by atoms with Crippen molar-refractivity contribution in [2.45, 2.75) is 11.8 Å². The van der Waals surface area contributed by atoms with Gasteiger partial charge >= 0.3 is 10.1 Å². The predicted octanol–water partition coefficient (Wildman–Crippen LogP) is 2.28. The molecule has 1 amide bonds. The van der Waals surface area contributed by atoms with Crippen LogP contribution in [0.1, 0.15) is 11.1 Å². The number of carbonyl (C=O) groups excluding carboxylic acids is 1. The number of likely N-dealkylation sites (N-methyl/N-ethyl adjacent to an activating group) is 1. The molecule has 3 rings (SSSR count). The first-order valence-corrected chi connectivity index (χ1v) is 9.02. The standard InChI is InChI=1S/C18H17NO5S/c1-12-16(24-25(21,22)14-6-4-3-5-7-14)9-8-15-13(10-17(20)19-2)11-23-18(12)15/h3-10H,11H2,1-2H3,(H,19,20)/b13-10-. The minimum Gasteiger partial charge on any atom is -0.488 e. The van der Waals surface area contributed by atoms with Crippen LogP contribution in [0.4, 0.5) is 0 Å². The highest BCUT2D eigenvalue weighted by Crippen LogP contribution is 2.40. The fourth-order valence-corrected chi connectivity index (χ4v) is 3.54. The average Bonchev–Trinajstić information content (AvgIpc) is 3.01. The average molecular weight is 359 g/mol. The van der Waals surface area contributed by atoms with Gasteiger partial charge in [0.15, 0.2) is 0 Å². The summed E-state index contributed by atoms with van der Waals surface area (Å²) in [7, 11) is -2.38. The molecule has 0 unspecified atom stereocenters. The zero-order valence-corrected chi connectivity index (χ0v) is 14.6. The highest BCUT2D eigenvalue weighted by atomic mass is 32.2. The van der Waals surface area contributed by atoms with Crippen molar-refractivity contribution in [3.8, 4) is 11.5 Å². The highest BCUT2D eigenvalue weighted by molar-refractivity contribution is 7.87. The van der Waals surface area contributed by atoms with E-state index in [9.17, 15) is 13.2 Å². The Bertz CT molecular complexity index is 949. The molecule has 130 valence electrons. The second-order valence-corrected chi connectivity index (χ2v) is 7.03. The molecule has 0 saturated heterocycles. The SMILES string of the molecule is CNC(=O)/C=C1/COc2c1ccc(OS(=O)(=O)c1ccccc1)c2C. The maximum Gasteiger partial charge on any atom is 0.339 e. The van der Waals surface area contributed by atoms with Gasteiger partial charge in [0.1, 0.15) is 23.0 Å². The van der Waals surface area contributed by atoms with Crippen molar-refractivity contribution >= 4 is 21.6 Å². The zero-order valence-electron chi connectivity index (χ0n) is 13.8. The molecule has 1 aliphatic rings. The monoisotopic (exact) mass is 359 g/mol. The van der Waals surface area contributed by atoms with Crippen LogP contribution in [-0.4, -0.2) is 28.0 Å². The second kappa shape index (κ2) is 6.60. The molecule has 6 nitrogen and oxygen atoms in total. The molecule has 0 saturated carbocycles. The largest absolute Gasteiger partial charge is 0.488 e. The normalized spacial score (nSPS) is 14.7. The third-order valence-electron chi connectivity index (χ3n) is 3.86. The van der Waals surface area contributed by atoms with E-state index in [1.807, 2.05) is 0 Å². The zero-order chi connectivity index (χ0) is 18.0. The van der Waals surface area contributed by atoms with Gasteiger partial charge in [-0.3, -0.25) is 4.79 Å². The van der Waals surface area contributed by atoms with Gasteiger partial charge in [0.05, 0.1) is 0 Å². The van der Waals surface area contributed by atoms with Crippen LogP contribution in [0.3, 0.4) is 0 Å². The fraction of sp³-hybridized carbons (Fsp3) is 0.167. The molecule has 0 aromatic heterocycles. The molecule has 0 atom stereocenters. The van der Waals surface area contributed by atoms with E-state index in [0.29, 0.717) is 11.3 Å². The first-order chi connectivity index (χ1) is 11.9. The van der Waals surface area contributed by atoms with Gasteiger partial charge in [-0.15, -0.1) is 0 Å². The predicted molar refractivity (Wildman–Crippen MR) is 93.0 cm³/mol. The summed E-state index contributed by atoms with van der Waals surface area (Å²) in [5, 5.41) is 2.52. The molecule has 0 aliphatic carbocycles. The molecule has 0 bridgehead atoms. The topological polar surface area (TPSA) is 81.7 Å².